The van der Waals surface area contributed by atoms with Gasteiger partial charge in [-0.05, 0) is 64.8 Å². The number of guanidine groups is 1. The third-order valence-corrected chi connectivity index (χ3v) is 5.78. The van der Waals surface area contributed by atoms with E-state index in [1.807, 2.05) is 0 Å². The number of hydrogen-bond acceptors (Lipinski definition) is 4. The first-order valence-corrected chi connectivity index (χ1v) is 11.1. The van der Waals surface area contributed by atoms with Gasteiger partial charge in [-0.15, -0.1) is 0 Å². The van der Waals surface area contributed by atoms with Crippen LogP contribution in [0.4, 0.5) is 0 Å². The molecule has 1 saturated heterocycles. The van der Waals surface area contributed by atoms with Crippen LogP contribution >= 0.6 is 0 Å². The quantitative estimate of drug-likeness (QED) is 0.466. The van der Waals surface area contributed by atoms with Crippen LogP contribution in [-0.4, -0.2) is 63.9 Å². The van der Waals surface area contributed by atoms with Crippen molar-refractivity contribution in [3.63, 3.8) is 0 Å². The fourth-order valence-corrected chi connectivity index (χ4v) is 3.81. The maximum Gasteiger partial charge on any atom is 0.191 e. The third-order valence-electron chi connectivity index (χ3n) is 5.78. The molecule has 29 heavy (non-hydrogen) atoms. The van der Waals surface area contributed by atoms with Gasteiger partial charge in [0.05, 0.1) is 19.8 Å². The summed E-state index contributed by atoms with van der Waals surface area (Å²) in [4.78, 5) is 7.16. The van der Waals surface area contributed by atoms with E-state index < -0.39 is 0 Å². The molecule has 1 heterocycles. The van der Waals surface area contributed by atoms with Gasteiger partial charge in [0.1, 0.15) is 5.75 Å². The van der Waals surface area contributed by atoms with E-state index in [-0.39, 0.29) is 0 Å². The number of nitrogens with zero attached hydrogens (tertiary/aromatic N) is 2. The number of ether oxygens (including phenoxy) is 2. The minimum absolute atomic E-state index is 0.497. The number of benzene rings is 1. The van der Waals surface area contributed by atoms with Crippen molar-refractivity contribution in [2.45, 2.75) is 45.7 Å². The fraction of sp³-hybridized carbons (Fsp3) is 0.696. The first-order chi connectivity index (χ1) is 14.1. The Labute approximate surface area is 176 Å². The molecule has 2 atom stereocenters. The number of hydrogen-bond donors (Lipinski definition) is 2. The number of nitrogens with one attached hydrogen (secondary N) is 2. The summed E-state index contributed by atoms with van der Waals surface area (Å²) in [7, 11) is 4.33. The summed E-state index contributed by atoms with van der Waals surface area (Å²) in [6, 6.07) is 6.95. The summed E-state index contributed by atoms with van der Waals surface area (Å²) >= 11 is 0. The molecule has 0 spiro atoms. The molecule has 2 N–H and O–H groups in total. The highest BCUT2D eigenvalue weighted by Crippen LogP contribution is 2.34. The fourth-order valence-electron chi connectivity index (χ4n) is 3.81. The highest BCUT2D eigenvalue weighted by atomic mass is 16.5. The lowest BCUT2D eigenvalue weighted by molar-refractivity contribution is 0.166. The van der Waals surface area contributed by atoms with E-state index in [9.17, 15) is 0 Å². The molecule has 1 saturated carbocycles. The van der Waals surface area contributed by atoms with Crippen LogP contribution in [0.15, 0.2) is 23.2 Å². The van der Waals surface area contributed by atoms with Gasteiger partial charge in [-0.2, -0.15) is 0 Å². The molecule has 0 radical (unpaired) electrons. The lowest BCUT2D eigenvalue weighted by Gasteiger charge is -2.25. The van der Waals surface area contributed by atoms with Gasteiger partial charge in [0.15, 0.2) is 5.96 Å². The van der Waals surface area contributed by atoms with Crippen LogP contribution in [-0.2, 0) is 11.3 Å². The van der Waals surface area contributed by atoms with Crippen LogP contribution < -0.4 is 15.4 Å². The van der Waals surface area contributed by atoms with Crippen LogP contribution in [0.2, 0.25) is 0 Å². The van der Waals surface area contributed by atoms with Crippen molar-refractivity contribution in [1.82, 2.24) is 15.5 Å². The van der Waals surface area contributed by atoms with Crippen LogP contribution in [0.5, 0.6) is 5.75 Å². The first-order valence-electron chi connectivity index (χ1n) is 11.1. The zero-order valence-electron chi connectivity index (χ0n) is 18.5. The van der Waals surface area contributed by atoms with Crippen LogP contribution in [0.25, 0.3) is 0 Å². The van der Waals surface area contributed by atoms with Crippen LogP contribution in [0, 0.1) is 18.8 Å². The lowest BCUT2D eigenvalue weighted by Crippen LogP contribution is -2.46. The zero-order chi connectivity index (χ0) is 20.6. The summed E-state index contributed by atoms with van der Waals surface area (Å²) in [5.74, 6) is 3.13. The van der Waals surface area contributed by atoms with Crippen molar-refractivity contribution in [1.29, 1.82) is 0 Å². The molecule has 1 aromatic rings. The Hall–Kier alpha value is -1.79. The SMILES string of the molecule is CCNC(=NCc1ccc(C)cc1OCC1CCOC1)NCC(C1CC1)N(C)C. The molecule has 2 unspecified atom stereocenters. The standard InChI is InChI=1S/C23H38N4O2/c1-5-24-23(26-14-21(27(3)4)19-8-9-19)25-13-20-7-6-17(2)12-22(20)29-16-18-10-11-28-15-18/h6-7,12,18-19,21H,5,8-11,13-16H2,1-4H3,(H2,24,25,26). The molecule has 2 fully saturated rings. The number of rotatable bonds is 10. The molecule has 0 aromatic heterocycles. The maximum atomic E-state index is 6.17. The average molecular weight is 403 g/mol. The first kappa shape index (κ1) is 21.9. The molecular formula is C23H38N4O2. The largest absolute Gasteiger partial charge is 0.493 e. The molecule has 2 aliphatic rings. The predicted molar refractivity (Wildman–Crippen MR) is 119 cm³/mol. The zero-order valence-corrected chi connectivity index (χ0v) is 18.5. The topological polar surface area (TPSA) is 58.1 Å². The molecule has 0 amide bonds. The van der Waals surface area contributed by atoms with E-state index in [0.29, 0.717) is 25.1 Å². The summed E-state index contributed by atoms with van der Waals surface area (Å²) in [6.07, 6.45) is 3.77. The lowest BCUT2D eigenvalue weighted by atomic mass is 10.1. The van der Waals surface area contributed by atoms with Crippen LogP contribution in [0.3, 0.4) is 0 Å². The van der Waals surface area contributed by atoms with Gasteiger partial charge in [0.2, 0.25) is 0 Å². The molecule has 3 rings (SSSR count). The van der Waals surface area contributed by atoms with Gasteiger partial charge < -0.3 is 25.0 Å². The monoisotopic (exact) mass is 402 g/mol. The Bertz CT molecular complexity index is 665. The summed E-state index contributed by atoms with van der Waals surface area (Å²) in [5.41, 5.74) is 2.33. The molecule has 0 bridgehead atoms. The van der Waals surface area contributed by atoms with E-state index in [1.165, 1.54) is 18.4 Å². The second kappa shape index (κ2) is 10.8. The van der Waals surface area contributed by atoms with Crippen molar-refractivity contribution in [3.05, 3.63) is 29.3 Å². The van der Waals surface area contributed by atoms with Crippen molar-refractivity contribution in [3.8, 4) is 5.75 Å². The van der Waals surface area contributed by atoms with E-state index in [1.54, 1.807) is 0 Å². The molecular weight excluding hydrogens is 364 g/mol. The van der Waals surface area contributed by atoms with Gasteiger partial charge >= 0.3 is 0 Å². The summed E-state index contributed by atoms with van der Waals surface area (Å²) in [6.45, 7) is 8.94. The minimum atomic E-state index is 0.497. The summed E-state index contributed by atoms with van der Waals surface area (Å²) < 4.78 is 11.6. The highest BCUT2D eigenvalue weighted by Gasteiger charge is 2.32. The molecule has 6 nitrogen and oxygen atoms in total. The Morgan fingerprint density at radius 1 is 1.28 bits per heavy atom. The van der Waals surface area contributed by atoms with E-state index >= 15 is 0 Å². The average Bonchev–Trinajstić information content (AvgIpc) is 3.39. The van der Waals surface area contributed by atoms with Crippen molar-refractivity contribution in [2.75, 3.05) is 47.0 Å². The van der Waals surface area contributed by atoms with Gasteiger partial charge in [-0.3, -0.25) is 0 Å². The number of aryl methyl sites for hydroxylation is 1. The van der Waals surface area contributed by atoms with Gasteiger partial charge in [0, 0.05) is 37.2 Å². The summed E-state index contributed by atoms with van der Waals surface area (Å²) in [5, 5.41) is 6.92. The van der Waals surface area contributed by atoms with Crippen molar-refractivity contribution >= 4 is 5.96 Å². The maximum absolute atomic E-state index is 6.17. The molecule has 1 aliphatic heterocycles. The van der Waals surface area contributed by atoms with Gasteiger partial charge in [-0.25, -0.2) is 4.99 Å². The Morgan fingerprint density at radius 3 is 2.76 bits per heavy atom. The molecule has 1 aliphatic carbocycles. The second-order valence-corrected chi connectivity index (χ2v) is 8.60. The van der Waals surface area contributed by atoms with Crippen molar-refractivity contribution < 1.29 is 9.47 Å². The number of aliphatic imine (C=N–C) groups is 1. The molecule has 1 aromatic carbocycles. The third kappa shape index (κ3) is 6.89. The van der Waals surface area contributed by atoms with Gasteiger partial charge in [-0.1, -0.05) is 12.1 Å². The smallest absolute Gasteiger partial charge is 0.191 e. The highest BCUT2D eigenvalue weighted by molar-refractivity contribution is 5.79. The van der Waals surface area contributed by atoms with Gasteiger partial charge in [0.25, 0.3) is 0 Å². The Balaban J connectivity index is 1.61. The normalized spacial score (nSPS) is 20.7. The number of likely N-dealkylation sites (N-methyl/N-ethyl adjacent to an activating group) is 1. The van der Waals surface area contributed by atoms with Crippen LogP contribution in [0.1, 0.15) is 37.3 Å². The Morgan fingerprint density at radius 2 is 2.10 bits per heavy atom. The van der Waals surface area contributed by atoms with E-state index in [2.05, 4.69) is 61.7 Å². The van der Waals surface area contributed by atoms with E-state index in [0.717, 1.165) is 55.9 Å². The molecule has 6 heteroatoms. The minimum Gasteiger partial charge on any atom is -0.493 e. The second-order valence-electron chi connectivity index (χ2n) is 8.60. The van der Waals surface area contributed by atoms with Crippen molar-refractivity contribution in [2.24, 2.45) is 16.8 Å². The van der Waals surface area contributed by atoms with E-state index in [4.69, 9.17) is 14.5 Å². The predicted octanol–water partition coefficient (Wildman–Crippen LogP) is 2.81. The Kier molecular flexibility index (Phi) is 8.19. The molecule has 162 valence electrons.